The number of nitrogens with one attached hydrogen (secondary N) is 2. The fraction of sp³-hybridized carbons (Fsp3) is 0.100. The van der Waals surface area contributed by atoms with E-state index in [4.69, 9.17) is 10.00 Å². The van der Waals surface area contributed by atoms with E-state index in [1.165, 1.54) is 0 Å². The molecule has 0 atom stereocenters. The highest BCUT2D eigenvalue weighted by Gasteiger charge is 2.13. The van der Waals surface area contributed by atoms with E-state index in [2.05, 4.69) is 25.5 Å². The number of nitrogens with zero attached hydrogens (tertiary/aromatic N) is 4. The Bertz CT molecular complexity index is 1300. The first-order valence-electron chi connectivity index (χ1n) is 8.82. The normalized spacial score (nSPS) is 10.6. The first-order valence-corrected chi connectivity index (χ1v) is 9.81. The fourth-order valence-corrected chi connectivity index (χ4v) is 3.34. The number of carbonyl (C=O) groups excluding carboxylic acids is 2. The Balaban J connectivity index is 1.31. The van der Waals surface area contributed by atoms with Crippen molar-refractivity contribution in [3.05, 3.63) is 54.1 Å². The Labute approximate surface area is 174 Å². The lowest BCUT2D eigenvalue weighted by molar-refractivity contribution is -0.144. The quantitative estimate of drug-likeness (QED) is 0.361. The number of esters is 1. The second kappa shape index (κ2) is 8.59. The van der Waals surface area contributed by atoms with E-state index in [-0.39, 0.29) is 5.75 Å². The molecule has 4 rings (SSSR count). The second-order valence-corrected chi connectivity index (χ2v) is 7.06. The van der Waals surface area contributed by atoms with E-state index in [0.29, 0.717) is 27.6 Å². The summed E-state index contributed by atoms with van der Waals surface area (Å²) < 4.78 is 4.97. The average Bonchev–Trinajstić information content (AvgIpc) is 3.14. The van der Waals surface area contributed by atoms with Gasteiger partial charge in [-0.2, -0.15) is 5.26 Å². The molecule has 0 unspecified atom stereocenters. The predicted molar refractivity (Wildman–Crippen MR) is 111 cm³/mol. The number of hydrogen-bond donors (Lipinski definition) is 2. The molecule has 0 aliphatic rings. The number of aromatic amines is 1. The van der Waals surface area contributed by atoms with Gasteiger partial charge in [0.2, 0.25) is 5.16 Å². The van der Waals surface area contributed by atoms with Gasteiger partial charge in [-0.3, -0.25) is 9.59 Å². The molecule has 4 aromatic rings. The maximum Gasteiger partial charge on any atom is 0.316 e. The summed E-state index contributed by atoms with van der Waals surface area (Å²) >= 11 is 1.06. The summed E-state index contributed by atoms with van der Waals surface area (Å²) in [7, 11) is 0. The number of fused-ring (bicyclic) bond motifs is 3. The number of nitriles is 1. The standard InChI is InChI=1S/C20H14N6O3S/c21-9-12-5-1-3-7-14(12)22-16(27)10-29-17(28)11-30-20-24-19-18(25-26-20)13-6-2-4-8-15(13)23-19/h1-8H,10-11H2,(H,22,27)(H,23,24,26). The van der Waals surface area contributed by atoms with Gasteiger partial charge >= 0.3 is 5.97 Å². The molecule has 30 heavy (non-hydrogen) atoms. The molecule has 148 valence electrons. The molecule has 0 saturated carbocycles. The van der Waals surface area contributed by atoms with Gasteiger partial charge in [-0.15, -0.1) is 10.2 Å². The molecular formula is C20H14N6O3S. The third-order valence-corrected chi connectivity index (χ3v) is 4.92. The summed E-state index contributed by atoms with van der Waals surface area (Å²) in [5.74, 6) is -1.20. The molecule has 0 saturated heterocycles. The van der Waals surface area contributed by atoms with Crippen molar-refractivity contribution in [1.82, 2.24) is 20.2 Å². The van der Waals surface area contributed by atoms with Crippen molar-refractivity contribution in [3.63, 3.8) is 0 Å². The molecular weight excluding hydrogens is 404 g/mol. The van der Waals surface area contributed by atoms with Crippen molar-refractivity contribution < 1.29 is 14.3 Å². The minimum Gasteiger partial charge on any atom is -0.455 e. The van der Waals surface area contributed by atoms with Crippen LogP contribution in [0.4, 0.5) is 5.69 Å². The zero-order valence-corrected chi connectivity index (χ0v) is 16.3. The van der Waals surface area contributed by atoms with Crippen LogP contribution in [0.1, 0.15) is 5.56 Å². The number of carbonyl (C=O) groups is 2. The van der Waals surface area contributed by atoms with Crippen LogP contribution in [0, 0.1) is 11.3 Å². The first-order chi connectivity index (χ1) is 14.6. The van der Waals surface area contributed by atoms with E-state index in [1.54, 1.807) is 24.3 Å². The summed E-state index contributed by atoms with van der Waals surface area (Å²) in [5.41, 5.74) is 2.83. The van der Waals surface area contributed by atoms with Crippen LogP contribution < -0.4 is 5.32 Å². The lowest BCUT2D eigenvalue weighted by atomic mass is 10.2. The Morgan fingerprint density at radius 1 is 1.13 bits per heavy atom. The number of para-hydroxylation sites is 2. The summed E-state index contributed by atoms with van der Waals surface area (Å²) in [6.07, 6.45) is 0. The minimum absolute atomic E-state index is 0.0739. The van der Waals surface area contributed by atoms with Crippen LogP contribution in [0.2, 0.25) is 0 Å². The van der Waals surface area contributed by atoms with Gasteiger partial charge in [0.15, 0.2) is 12.3 Å². The van der Waals surface area contributed by atoms with Crippen LogP contribution in [0.15, 0.2) is 53.7 Å². The van der Waals surface area contributed by atoms with Gasteiger partial charge in [0.25, 0.3) is 5.91 Å². The molecule has 0 aliphatic heterocycles. The van der Waals surface area contributed by atoms with Gasteiger partial charge in [0, 0.05) is 10.9 Å². The highest BCUT2D eigenvalue weighted by molar-refractivity contribution is 7.99. The third kappa shape index (κ3) is 4.21. The maximum atomic E-state index is 11.9. The monoisotopic (exact) mass is 418 g/mol. The molecule has 10 heteroatoms. The number of hydrogen-bond acceptors (Lipinski definition) is 8. The maximum absolute atomic E-state index is 11.9. The molecule has 2 aromatic carbocycles. The third-order valence-electron chi connectivity index (χ3n) is 4.11. The molecule has 9 nitrogen and oxygen atoms in total. The zero-order chi connectivity index (χ0) is 20.9. The number of rotatable bonds is 6. The lowest BCUT2D eigenvalue weighted by Crippen LogP contribution is -2.22. The molecule has 2 heterocycles. The molecule has 2 aromatic heterocycles. The molecule has 0 fully saturated rings. The van der Waals surface area contributed by atoms with E-state index in [0.717, 1.165) is 22.7 Å². The van der Waals surface area contributed by atoms with Gasteiger partial charge in [-0.05, 0) is 18.2 Å². The second-order valence-electron chi connectivity index (χ2n) is 6.12. The number of ether oxygens (including phenoxy) is 1. The summed E-state index contributed by atoms with van der Waals surface area (Å²) in [6, 6.07) is 16.2. The molecule has 2 N–H and O–H groups in total. The number of thioether (sulfide) groups is 1. The van der Waals surface area contributed by atoms with Crippen molar-refractivity contribution in [1.29, 1.82) is 5.26 Å². The average molecular weight is 418 g/mol. The molecule has 0 bridgehead atoms. The number of benzene rings is 2. The summed E-state index contributed by atoms with van der Waals surface area (Å²) in [4.78, 5) is 31.4. The van der Waals surface area contributed by atoms with Gasteiger partial charge in [-0.25, -0.2) is 4.98 Å². The van der Waals surface area contributed by atoms with Gasteiger partial charge in [-0.1, -0.05) is 42.1 Å². The smallest absolute Gasteiger partial charge is 0.316 e. The Morgan fingerprint density at radius 2 is 1.93 bits per heavy atom. The van der Waals surface area contributed by atoms with Crippen LogP contribution in [0.5, 0.6) is 0 Å². The Morgan fingerprint density at radius 3 is 2.80 bits per heavy atom. The molecule has 0 radical (unpaired) electrons. The number of anilines is 1. The predicted octanol–water partition coefficient (Wildman–Crippen LogP) is 2.65. The van der Waals surface area contributed by atoms with E-state index in [1.807, 2.05) is 30.3 Å². The van der Waals surface area contributed by atoms with Crippen molar-refractivity contribution in [3.8, 4) is 6.07 Å². The molecule has 0 aliphatic carbocycles. The van der Waals surface area contributed by atoms with Gasteiger partial charge in [0.05, 0.1) is 17.0 Å². The highest BCUT2D eigenvalue weighted by atomic mass is 32.2. The van der Waals surface area contributed by atoms with Crippen LogP contribution in [0.25, 0.3) is 22.1 Å². The van der Waals surface area contributed by atoms with Gasteiger partial charge < -0.3 is 15.0 Å². The fourth-order valence-electron chi connectivity index (χ4n) is 2.75. The number of aromatic nitrogens is 4. The first kappa shape index (κ1) is 19.4. The number of amides is 1. The van der Waals surface area contributed by atoms with Crippen LogP contribution in [-0.2, 0) is 14.3 Å². The lowest BCUT2D eigenvalue weighted by Gasteiger charge is -2.07. The van der Waals surface area contributed by atoms with Crippen molar-refractivity contribution in [2.45, 2.75) is 5.16 Å². The van der Waals surface area contributed by atoms with Crippen molar-refractivity contribution in [2.75, 3.05) is 17.7 Å². The van der Waals surface area contributed by atoms with Crippen LogP contribution in [0.3, 0.4) is 0 Å². The molecule has 0 spiro atoms. The van der Waals surface area contributed by atoms with E-state index < -0.39 is 18.5 Å². The van der Waals surface area contributed by atoms with Crippen molar-refractivity contribution in [2.24, 2.45) is 0 Å². The van der Waals surface area contributed by atoms with Crippen LogP contribution >= 0.6 is 11.8 Å². The number of H-pyrrole nitrogens is 1. The molecule has 1 amide bonds. The van der Waals surface area contributed by atoms with E-state index in [9.17, 15) is 9.59 Å². The summed E-state index contributed by atoms with van der Waals surface area (Å²) in [5, 5.41) is 21.0. The largest absolute Gasteiger partial charge is 0.455 e. The highest BCUT2D eigenvalue weighted by Crippen LogP contribution is 2.23. The Hall–Kier alpha value is -3.97. The van der Waals surface area contributed by atoms with Crippen LogP contribution in [-0.4, -0.2) is 44.4 Å². The van der Waals surface area contributed by atoms with Crippen molar-refractivity contribution >= 4 is 51.4 Å². The zero-order valence-electron chi connectivity index (χ0n) is 15.5. The van der Waals surface area contributed by atoms with Gasteiger partial charge in [0.1, 0.15) is 11.6 Å². The Kier molecular flexibility index (Phi) is 5.54. The van der Waals surface area contributed by atoms with E-state index >= 15 is 0 Å². The minimum atomic E-state index is -0.593. The SMILES string of the molecule is N#Cc1ccccc1NC(=O)COC(=O)CSc1nnc2c(n1)[nH]c1ccccc12. The summed E-state index contributed by atoms with van der Waals surface area (Å²) in [6.45, 7) is -0.459. The topological polar surface area (TPSA) is 134 Å².